The van der Waals surface area contributed by atoms with Crippen LogP contribution in [0.3, 0.4) is 0 Å². The molecule has 1 aromatic carbocycles. The second-order valence-corrected chi connectivity index (χ2v) is 4.99. The van der Waals surface area contributed by atoms with Gasteiger partial charge < -0.3 is 16.4 Å². The molecule has 1 heterocycles. The highest BCUT2D eigenvalue weighted by Gasteiger charge is 2.21. The summed E-state index contributed by atoms with van der Waals surface area (Å²) in [5.74, 6) is 0.520. The van der Waals surface area contributed by atoms with Gasteiger partial charge in [0.2, 0.25) is 0 Å². The molecule has 3 nitrogen and oxygen atoms in total. The average Bonchev–Trinajstić information content (AvgIpc) is 2.25. The second kappa shape index (κ2) is 4.52. The zero-order valence-corrected chi connectivity index (χ0v) is 10.3. The van der Waals surface area contributed by atoms with Crippen molar-refractivity contribution in [2.24, 2.45) is 0 Å². The zero-order valence-electron chi connectivity index (χ0n) is 9.54. The van der Waals surface area contributed by atoms with Crippen LogP contribution in [0.4, 0.5) is 11.4 Å². The van der Waals surface area contributed by atoms with E-state index in [2.05, 4.69) is 11.9 Å². The topological polar surface area (TPSA) is 55.3 Å². The van der Waals surface area contributed by atoms with Crippen molar-refractivity contribution >= 4 is 23.0 Å². The van der Waals surface area contributed by atoms with E-state index in [1.165, 1.54) is 0 Å². The third-order valence-corrected chi connectivity index (χ3v) is 3.69. The number of hydrogen-bond donors (Lipinski definition) is 2. The third-order valence-electron chi connectivity index (χ3n) is 3.36. The van der Waals surface area contributed by atoms with Crippen molar-refractivity contribution in [1.29, 1.82) is 0 Å². The molecular weight excluding hydrogens is 222 g/mol. The van der Waals surface area contributed by atoms with Gasteiger partial charge in [-0.3, -0.25) is 0 Å². The molecule has 0 saturated carbocycles. The molecule has 4 N–H and O–H groups in total. The number of hydrogen-bond acceptors (Lipinski definition) is 3. The van der Waals surface area contributed by atoms with Crippen molar-refractivity contribution in [3.63, 3.8) is 0 Å². The van der Waals surface area contributed by atoms with Crippen molar-refractivity contribution < 1.29 is 0 Å². The highest BCUT2D eigenvalue weighted by Crippen LogP contribution is 2.35. The minimum absolute atomic E-state index is 0.520. The van der Waals surface area contributed by atoms with Gasteiger partial charge in [0.25, 0.3) is 0 Å². The minimum Gasteiger partial charge on any atom is -0.397 e. The Balaban J connectivity index is 2.23. The van der Waals surface area contributed by atoms with Crippen molar-refractivity contribution in [1.82, 2.24) is 4.90 Å². The van der Waals surface area contributed by atoms with Crippen molar-refractivity contribution in [2.45, 2.75) is 18.8 Å². The molecule has 1 aliphatic rings. The molecule has 0 aromatic heterocycles. The number of nitrogens with zero attached hydrogens (tertiary/aromatic N) is 1. The summed E-state index contributed by atoms with van der Waals surface area (Å²) in [4.78, 5) is 2.34. The lowest BCUT2D eigenvalue weighted by Gasteiger charge is -2.29. The molecule has 0 radical (unpaired) electrons. The summed E-state index contributed by atoms with van der Waals surface area (Å²) < 4.78 is 0. The number of anilines is 2. The first-order valence-corrected chi connectivity index (χ1v) is 5.98. The van der Waals surface area contributed by atoms with E-state index in [0.29, 0.717) is 17.3 Å². The smallest absolute Gasteiger partial charge is 0.0562 e. The second-order valence-electron chi connectivity index (χ2n) is 4.58. The number of piperidine rings is 1. The van der Waals surface area contributed by atoms with Crippen LogP contribution in [0.2, 0.25) is 5.02 Å². The van der Waals surface area contributed by atoms with Crippen LogP contribution in [-0.2, 0) is 0 Å². The minimum atomic E-state index is 0.520. The van der Waals surface area contributed by atoms with Crippen LogP contribution in [-0.4, -0.2) is 25.0 Å². The van der Waals surface area contributed by atoms with Gasteiger partial charge in [0.1, 0.15) is 0 Å². The number of nitrogens with two attached hydrogens (primary N) is 2. The average molecular weight is 240 g/mol. The largest absolute Gasteiger partial charge is 0.397 e. The van der Waals surface area contributed by atoms with Crippen LogP contribution < -0.4 is 11.5 Å². The molecule has 0 unspecified atom stereocenters. The summed E-state index contributed by atoms with van der Waals surface area (Å²) in [5.41, 5.74) is 13.9. The van der Waals surface area contributed by atoms with Crippen molar-refractivity contribution in [3.05, 3.63) is 22.7 Å². The van der Waals surface area contributed by atoms with Gasteiger partial charge in [-0.05, 0) is 56.6 Å². The van der Waals surface area contributed by atoms with Crippen molar-refractivity contribution in [3.8, 4) is 0 Å². The van der Waals surface area contributed by atoms with Gasteiger partial charge in [0.05, 0.1) is 11.4 Å². The number of halogens is 1. The third kappa shape index (κ3) is 2.25. The first kappa shape index (κ1) is 11.6. The fourth-order valence-corrected chi connectivity index (χ4v) is 2.58. The van der Waals surface area contributed by atoms with Gasteiger partial charge in [-0.25, -0.2) is 0 Å². The van der Waals surface area contributed by atoms with E-state index in [1.807, 2.05) is 6.07 Å². The summed E-state index contributed by atoms with van der Waals surface area (Å²) in [6.07, 6.45) is 2.28. The fourth-order valence-electron chi connectivity index (χ4n) is 2.26. The van der Waals surface area contributed by atoms with Crippen LogP contribution in [0, 0.1) is 0 Å². The van der Waals surface area contributed by atoms with E-state index in [9.17, 15) is 0 Å². The lowest BCUT2D eigenvalue weighted by atomic mass is 9.89. The standard InChI is InChI=1S/C12H18ClN3/c1-16-4-2-8(3-5-16)9-6-11(14)12(15)7-10(9)13/h6-8H,2-5,14-15H2,1H3. The fraction of sp³-hybridized carbons (Fsp3) is 0.500. The summed E-state index contributed by atoms with van der Waals surface area (Å²) >= 11 is 6.22. The predicted octanol–water partition coefficient (Wildman–Crippen LogP) is 2.31. The first-order valence-electron chi connectivity index (χ1n) is 5.61. The quantitative estimate of drug-likeness (QED) is 0.740. The summed E-state index contributed by atoms with van der Waals surface area (Å²) in [6.45, 7) is 2.23. The SMILES string of the molecule is CN1CCC(c2cc(N)c(N)cc2Cl)CC1. The van der Waals surface area contributed by atoms with Gasteiger partial charge in [0, 0.05) is 5.02 Å². The first-order chi connectivity index (χ1) is 7.58. The highest BCUT2D eigenvalue weighted by molar-refractivity contribution is 6.31. The monoisotopic (exact) mass is 239 g/mol. The highest BCUT2D eigenvalue weighted by atomic mass is 35.5. The summed E-state index contributed by atoms with van der Waals surface area (Å²) in [5, 5.41) is 0.751. The molecule has 0 atom stereocenters. The molecule has 16 heavy (non-hydrogen) atoms. The molecule has 1 saturated heterocycles. The van der Waals surface area contributed by atoms with Gasteiger partial charge in [-0.15, -0.1) is 0 Å². The van der Waals surface area contributed by atoms with Crippen LogP contribution in [0.15, 0.2) is 12.1 Å². The maximum Gasteiger partial charge on any atom is 0.0562 e. The molecule has 4 heteroatoms. The van der Waals surface area contributed by atoms with Gasteiger partial charge in [0.15, 0.2) is 0 Å². The van der Waals surface area contributed by atoms with Crippen LogP contribution in [0.25, 0.3) is 0 Å². The lowest BCUT2D eigenvalue weighted by Crippen LogP contribution is -2.29. The zero-order chi connectivity index (χ0) is 11.7. The van der Waals surface area contributed by atoms with E-state index < -0.39 is 0 Å². The van der Waals surface area contributed by atoms with E-state index in [0.717, 1.165) is 36.5 Å². The van der Waals surface area contributed by atoms with Gasteiger partial charge >= 0.3 is 0 Å². The van der Waals surface area contributed by atoms with E-state index in [-0.39, 0.29) is 0 Å². The van der Waals surface area contributed by atoms with Crippen LogP contribution >= 0.6 is 11.6 Å². The molecule has 0 aliphatic carbocycles. The predicted molar refractivity (Wildman–Crippen MR) is 69.7 cm³/mol. The van der Waals surface area contributed by atoms with E-state index >= 15 is 0 Å². The van der Waals surface area contributed by atoms with E-state index in [4.69, 9.17) is 23.1 Å². The molecule has 1 aliphatic heterocycles. The number of benzene rings is 1. The van der Waals surface area contributed by atoms with Gasteiger partial charge in [-0.2, -0.15) is 0 Å². The van der Waals surface area contributed by atoms with Crippen molar-refractivity contribution in [2.75, 3.05) is 31.6 Å². The Morgan fingerprint density at radius 2 is 1.75 bits per heavy atom. The van der Waals surface area contributed by atoms with Crippen LogP contribution in [0.1, 0.15) is 24.3 Å². The Labute approximate surface area is 101 Å². The molecule has 1 aromatic rings. The van der Waals surface area contributed by atoms with E-state index in [1.54, 1.807) is 6.07 Å². The Morgan fingerprint density at radius 1 is 1.19 bits per heavy atom. The lowest BCUT2D eigenvalue weighted by molar-refractivity contribution is 0.255. The molecule has 0 spiro atoms. The number of likely N-dealkylation sites (tertiary alicyclic amines) is 1. The van der Waals surface area contributed by atoms with Gasteiger partial charge in [-0.1, -0.05) is 11.6 Å². The molecule has 1 fully saturated rings. The Bertz CT molecular complexity index is 384. The summed E-state index contributed by atoms with van der Waals surface area (Å²) in [6, 6.07) is 3.71. The molecule has 0 amide bonds. The Morgan fingerprint density at radius 3 is 2.38 bits per heavy atom. The summed E-state index contributed by atoms with van der Waals surface area (Å²) in [7, 11) is 2.15. The Hall–Kier alpha value is -0.930. The number of nitrogen functional groups attached to an aromatic ring is 2. The maximum atomic E-state index is 6.22. The Kier molecular flexibility index (Phi) is 3.26. The molecule has 2 rings (SSSR count). The molecular formula is C12H18ClN3. The number of rotatable bonds is 1. The molecule has 88 valence electrons. The maximum absolute atomic E-state index is 6.22. The van der Waals surface area contributed by atoms with Crippen LogP contribution in [0.5, 0.6) is 0 Å². The normalized spacial score (nSPS) is 18.9. The molecule has 0 bridgehead atoms.